The fourth-order valence-electron chi connectivity index (χ4n) is 2.82. The molecule has 0 aliphatic carbocycles. The SMILES string of the molecule is Cc1cc2ccccc2nc1OCCC1CCCCN1. The molecule has 0 spiro atoms. The van der Waals surface area contributed by atoms with Crippen molar-refractivity contribution in [2.45, 2.75) is 38.6 Å². The molecule has 2 heterocycles. The molecule has 2 aromatic rings. The van der Waals surface area contributed by atoms with Crippen molar-refractivity contribution in [3.63, 3.8) is 0 Å². The minimum atomic E-state index is 0.615. The summed E-state index contributed by atoms with van der Waals surface area (Å²) in [5.41, 5.74) is 2.11. The molecule has 106 valence electrons. The van der Waals surface area contributed by atoms with E-state index in [0.717, 1.165) is 36.5 Å². The molecule has 1 aliphatic rings. The topological polar surface area (TPSA) is 34.1 Å². The van der Waals surface area contributed by atoms with Crippen molar-refractivity contribution < 1.29 is 4.74 Å². The zero-order valence-electron chi connectivity index (χ0n) is 12.1. The quantitative estimate of drug-likeness (QED) is 0.924. The van der Waals surface area contributed by atoms with Crippen molar-refractivity contribution >= 4 is 10.9 Å². The van der Waals surface area contributed by atoms with E-state index >= 15 is 0 Å². The van der Waals surface area contributed by atoms with Crippen LogP contribution in [0, 0.1) is 6.92 Å². The number of piperidine rings is 1. The molecular formula is C17H22N2O. The van der Waals surface area contributed by atoms with Crippen LogP contribution < -0.4 is 10.1 Å². The van der Waals surface area contributed by atoms with E-state index in [1.54, 1.807) is 0 Å². The Bertz CT molecular complexity index is 576. The van der Waals surface area contributed by atoms with Crippen molar-refractivity contribution in [3.8, 4) is 5.88 Å². The van der Waals surface area contributed by atoms with E-state index in [1.165, 1.54) is 24.6 Å². The Kier molecular flexibility index (Phi) is 4.16. The lowest BCUT2D eigenvalue weighted by atomic mass is 10.0. The molecule has 1 N–H and O–H groups in total. The Balaban J connectivity index is 1.63. The van der Waals surface area contributed by atoms with Gasteiger partial charge < -0.3 is 10.1 Å². The average Bonchev–Trinajstić information content (AvgIpc) is 2.49. The normalized spacial score (nSPS) is 19.1. The number of ether oxygens (including phenoxy) is 1. The zero-order valence-corrected chi connectivity index (χ0v) is 12.1. The summed E-state index contributed by atoms with van der Waals surface area (Å²) in [4.78, 5) is 4.61. The highest BCUT2D eigenvalue weighted by molar-refractivity contribution is 5.79. The molecule has 20 heavy (non-hydrogen) atoms. The largest absolute Gasteiger partial charge is 0.477 e. The first-order valence-corrected chi connectivity index (χ1v) is 7.55. The van der Waals surface area contributed by atoms with Gasteiger partial charge in [0.25, 0.3) is 0 Å². The van der Waals surface area contributed by atoms with E-state index < -0.39 is 0 Å². The number of benzene rings is 1. The smallest absolute Gasteiger partial charge is 0.216 e. The molecular weight excluding hydrogens is 248 g/mol. The molecule has 3 rings (SSSR count). The third kappa shape index (κ3) is 3.10. The van der Waals surface area contributed by atoms with E-state index in [4.69, 9.17) is 4.74 Å². The first-order valence-electron chi connectivity index (χ1n) is 7.55. The van der Waals surface area contributed by atoms with Gasteiger partial charge in [0.05, 0.1) is 12.1 Å². The Morgan fingerprint density at radius 1 is 1.30 bits per heavy atom. The summed E-state index contributed by atoms with van der Waals surface area (Å²) < 4.78 is 5.90. The van der Waals surface area contributed by atoms with Crippen LogP contribution in [0.3, 0.4) is 0 Å². The molecule has 1 aromatic heterocycles. The number of fused-ring (bicyclic) bond motifs is 1. The second kappa shape index (κ2) is 6.23. The number of pyridine rings is 1. The molecule has 1 unspecified atom stereocenters. The van der Waals surface area contributed by atoms with Gasteiger partial charge in [0, 0.05) is 17.0 Å². The summed E-state index contributed by atoms with van der Waals surface area (Å²) in [7, 11) is 0. The van der Waals surface area contributed by atoms with E-state index in [9.17, 15) is 0 Å². The summed E-state index contributed by atoms with van der Waals surface area (Å²) in [5, 5.41) is 4.72. The summed E-state index contributed by atoms with van der Waals surface area (Å²) in [6, 6.07) is 10.9. The highest BCUT2D eigenvalue weighted by Gasteiger charge is 2.12. The maximum Gasteiger partial charge on any atom is 0.216 e. The van der Waals surface area contributed by atoms with Gasteiger partial charge in [-0.3, -0.25) is 0 Å². The van der Waals surface area contributed by atoms with Crippen molar-refractivity contribution in [1.29, 1.82) is 0 Å². The number of aromatic nitrogens is 1. The van der Waals surface area contributed by atoms with Gasteiger partial charge >= 0.3 is 0 Å². The lowest BCUT2D eigenvalue weighted by Crippen LogP contribution is -2.35. The van der Waals surface area contributed by atoms with Crippen LogP contribution in [0.4, 0.5) is 0 Å². The molecule has 1 saturated heterocycles. The van der Waals surface area contributed by atoms with Crippen LogP contribution in [0.25, 0.3) is 10.9 Å². The Morgan fingerprint density at radius 2 is 2.20 bits per heavy atom. The maximum absolute atomic E-state index is 5.90. The summed E-state index contributed by atoms with van der Waals surface area (Å²) in [6.07, 6.45) is 4.98. The molecule has 1 aliphatic heterocycles. The highest BCUT2D eigenvalue weighted by Crippen LogP contribution is 2.21. The van der Waals surface area contributed by atoms with Gasteiger partial charge in [0.2, 0.25) is 5.88 Å². The second-order valence-electron chi connectivity index (χ2n) is 5.59. The molecule has 0 amide bonds. The number of nitrogens with zero attached hydrogens (tertiary/aromatic N) is 1. The van der Waals surface area contributed by atoms with E-state index in [-0.39, 0.29) is 0 Å². The first-order chi connectivity index (χ1) is 9.83. The van der Waals surface area contributed by atoms with Crippen LogP contribution >= 0.6 is 0 Å². The van der Waals surface area contributed by atoms with Gasteiger partial charge in [-0.15, -0.1) is 0 Å². The highest BCUT2D eigenvalue weighted by atomic mass is 16.5. The van der Waals surface area contributed by atoms with Crippen LogP contribution in [0.5, 0.6) is 5.88 Å². The fourth-order valence-corrected chi connectivity index (χ4v) is 2.82. The van der Waals surface area contributed by atoms with Crippen LogP contribution in [0.2, 0.25) is 0 Å². The first kappa shape index (κ1) is 13.4. The fraction of sp³-hybridized carbons (Fsp3) is 0.471. The van der Waals surface area contributed by atoms with Crippen molar-refractivity contribution in [2.24, 2.45) is 0 Å². The molecule has 1 aromatic carbocycles. The van der Waals surface area contributed by atoms with Gasteiger partial charge in [-0.25, -0.2) is 4.98 Å². The number of nitrogens with one attached hydrogen (secondary N) is 1. The van der Waals surface area contributed by atoms with Crippen molar-refractivity contribution in [2.75, 3.05) is 13.2 Å². The second-order valence-corrected chi connectivity index (χ2v) is 5.59. The summed E-state index contributed by atoms with van der Waals surface area (Å²) in [5.74, 6) is 0.777. The van der Waals surface area contributed by atoms with Gasteiger partial charge in [-0.1, -0.05) is 24.6 Å². The van der Waals surface area contributed by atoms with Crippen molar-refractivity contribution in [3.05, 3.63) is 35.9 Å². The van der Waals surface area contributed by atoms with Crippen molar-refractivity contribution in [1.82, 2.24) is 10.3 Å². The minimum absolute atomic E-state index is 0.615. The molecule has 0 saturated carbocycles. The third-order valence-corrected chi connectivity index (χ3v) is 3.99. The van der Waals surface area contributed by atoms with E-state index in [0.29, 0.717) is 6.04 Å². The minimum Gasteiger partial charge on any atom is -0.477 e. The summed E-state index contributed by atoms with van der Waals surface area (Å²) >= 11 is 0. The molecule has 1 fully saturated rings. The van der Waals surface area contributed by atoms with Crippen LogP contribution in [0.15, 0.2) is 30.3 Å². The van der Waals surface area contributed by atoms with E-state index in [1.807, 2.05) is 18.2 Å². The molecule has 3 heteroatoms. The third-order valence-electron chi connectivity index (χ3n) is 3.99. The zero-order chi connectivity index (χ0) is 13.8. The van der Waals surface area contributed by atoms with Gasteiger partial charge in [-0.05, 0) is 44.9 Å². The van der Waals surface area contributed by atoms with Gasteiger partial charge in [-0.2, -0.15) is 0 Å². The molecule has 0 radical (unpaired) electrons. The standard InChI is InChI=1S/C17H22N2O/c1-13-12-14-6-2-3-8-16(14)19-17(13)20-11-9-15-7-4-5-10-18-15/h2-3,6,8,12,15,18H,4-5,7,9-11H2,1H3. The van der Waals surface area contributed by atoms with Crippen LogP contribution in [-0.4, -0.2) is 24.2 Å². The Morgan fingerprint density at radius 3 is 3.05 bits per heavy atom. The van der Waals surface area contributed by atoms with Gasteiger partial charge in [0.1, 0.15) is 0 Å². The number of aryl methyl sites for hydroxylation is 1. The predicted molar refractivity (Wildman–Crippen MR) is 82.2 cm³/mol. The lowest BCUT2D eigenvalue weighted by Gasteiger charge is -2.23. The predicted octanol–water partition coefficient (Wildman–Crippen LogP) is 3.45. The average molecular weight is 270 g/mol. The molecule has 1 atom stereocenters. The Hall–Kier alpha value is -1.61. The monoisotopic (exact) mass is 270 g/mol. The number of hydrogen-bond acceptors (Lipinski definition) is 3. The molecule has 3 nitrogen and oxygen atoms in total. The van der Waals surface area contributed by atoms with E-state index in [2.05, 4.69) is 29.4 Å². The van der Waals surface area contributed by atoms with Crippen LogP contribution in [-0.2, 0) is 0 Å². The maximum atomic E-state index is 5.90. The summed E-state index contributed by atoms with van der Waals surface area (Å²) in [6.45, 7) is 3.95. The number of hydrogen-bond donors (Lipinski definition) is 1. The van der Waals surface area contributed by atoms with Gasteiger partial charge in [0.15, 0.2) is 0 Å². The lowest BCUT2D eigenvalue weighted by molar-refractivity contribution is 0.260. The van der Waals surface area contributed by atoms with Crippen LogP contribution in [0.1, 0.15) is 31.2 Å². The molecule has 0 bridgehead atoms. The Labute approximate surface area is 120 Å². The number of rotatable bonds is 4. The number of para-hydroxylation sites is 1.